The van der Waals surface area contributed by atoms with Gasteiger partial charge in [-0.2, -0.15) is 4.98 Å². The van der Waals surface area contributed by atoms with E-state index >= 15 is 0 Å². The first-order chi connectivity index (χ1) is 15.2. The molecular formula is C25H35N5O. The summed E-state index contributed by atoms with van der Waals surface area (Å²) in [4.78, 5) is 14.7. The molecule has 1 saturated heterocycles. The van der Waals surface area contributed by atoms with Gasteiger partial charge in [0.25, 0.3) is 0 Å². The summed E-state index contributed by atoms with van der Waals surface area (Å²) >= 11 is 0. The molecule has 2 aliphatic heterocycles. The van der Waals surface area contributed by atoms with Gasteiger partial charge in [-0.1, -0.05) is 31.4 Å². The van der Waals surface area contributed by atoms with Crippen molar-refractivity contribution in [2.24, 2.45) is 0 Å². The Labute approximate surface area is 186 Å². The molecule has 0 spiro atoms. The second kappa shape index (κ2) is 9.13. The number of aromatic nitrogens is 2. The highest BCUT2D eigenvalue weighted by Gasteiger charge is 2.28. The molecule has 0 unspecified atom stereocenters. The Morgan fingerprint density at radius 3 is 2.42 bits per heavy atom. The van der Waals surface area contributed by atoms with Crippen molar-refractivity contribution in [3.8, 4) is 0 Å². The summed E-state index contributed by atoms with van der Waals surface area (Å²) in [6.07, 6.45) is 6.80. The Morgan fingerprint density at radius 1 is 0.968 bits per heavy atom. The maximum absolute atomic E-state index is 5.53. The third kappa shape index (κ3) is 4.55. The number of nitrogens with one attached hydrogen (secondary N) is 1. The molecule has 0 bridgehead atoms. The molecule has 6 nitrogen and oxygen atoms in total. The van der Waals surface area contributed by atoms with Crippen LogP contribution in [0.3, 0.4) is 0 Å². The highest BCUT2D eigenvalue weighted by atomic mass is 16.5. The fourth-order valence-electron chi connectivity index (χ4n) is 5.05. The first-order valence-corrected chi connectivity index (χ1v) is 12.0. The summed E-state index contributed by atoms with van der Waals surface area (Å²) in [6.45, 7) is 9.47. The number of anilines is 3. The summed E-state index contributed by atoms with van der Waals surface area (Å²) < 4.78 is 5.53. The van der Waals surface area contributed by atoms with E-state index in [0.29, 0.717) is 6.04 Å². The minimum Gasteiger partial charge on any atom is -0.378 e. The van der Waals surface area contributed by atoms with Crippen molar-refractivity contribution in [2.75, 3.05) is 36.5 Å². The maximum Gasteiger partial charge on any atom is 0.227 e. The van der Waals surface area contributed by atoms with E-state index < -0.39 is 0 Å². The van der Waals surface area contributed by atoms with Crippen LogP contribution < -0.4 is 10.2 Å². The molecule has 0 radical (unpaired) electrons. The van der Waals surface area contributed by atoms with Crippen LogP contribution in [-0.4, -0.2) is 47.2 Å². The van der Waals surface area contributed by atoms with Gasteiger partial charge in [0, 0.05) is 43.5 Å². The van der Waals surface area contributed by atoms with E-state index in [1.165, 1.54) is 43.2 Å². The summed E-state index contributed by atoms with van der Waals surface area (Å²) in [6, 6.07) is 9.56. The Morgan fingerprint density at radius 2 is 1.71 bits per heavy atom. The quantitative estimate of drug-likeness (QED) is 0.746. The molecule has 1 saturated carbocycles. The van der Waals surface area contributed by atoms with Gasteiger partial charge in [0.2, 0.25) is 5.95 Å². The predicted octanol–water partition coefficient (Wildman–Crippen LogP) is 4.83. The smallest absolute Gasteiger partial charge is 0.227 e. The highest BCUT2D eigenvalue weighted by molar-refractivity contribution is 5.63. The molecule has 6 heteroatoms. The van der Waals surface area contributed by atoms with Gasteiger partial charge in [0.05, 0.1) is 18.9 Å². The van der Waals surface area contributed by atoms with Crippen molar-refractivity contribution in [1.82, 2.24) is 14.9 Å². The first kappa shape index (κ1) is 20.7. The third-order valence-electron chi connectivity index (χ3n) is 7.07. The molecule has 166 valence electrons. The van der Waals surface area contributed by atoms with Crippen molar-refractivity contribution in [3.63, 3.8) is 0 Å². The van der Waals surface area contributed by atoms with Gasteiger partial charge in [0.15, 0.2) is 0 Å². The van der Waals surface area contributed by atoms with E-state index in [2.05, 4.69) is 53.2 Å². The van der Waals surface area contributed by atoms with Crippen molar-refractivity contribution in [3.05, 3.63) is 41.1 Å². The molecular weight excluding hydrogens is 386 g/mol. The zero-order chi connectivity index (χ0) is 21.2. The topological polar surface area (TPSA) is 53.5 Å². The molecule has 0 amide bonds. The molecule has 2 aromatic rings. The lowest BCUT2D eigenvalue weighted by atomic mass is 9.84. The largest absolute Gasteiger partial charge is 0.378 e. The van der Waals surface area contributed by atoms with Gasteiger partial charge in [-0.25, -0.2) is 4.98 Å². The number of benzene rings is 1. The predicted molar refractivity (Wildman–Crippen MR) is 125 cm³/mol. The first-order valence-electron chi connectivity index (χ1n) is 12.0. The number of ether oxygens (including phenoxy) is 1. The molecule has 1 aromatic carbocycles. The average molecular weight is 422 g/mol. The zero-order valence-corrected chi connectivity index (χ0v) is 18.9. The van der Waals surface area contributed by atoms with Crippen LogP contribution in [0.25, 0.3) is 0 Å². The van der Waals surface area contributed by atoms with Crippen LogP contribution in [0.2, 0.25) is 0 Å². The fourth-order valence-corrected chi connectivity index (χ4v) is 5.05. The number of morpholine rings is 1. The molecule has 0 atom stereocenters. The summed E-state index contributed by atoms with van der Waals surface area (Å²) in [5.41, 5.74) is 4.99. The van der Waals surface area contributed by atoms with E-state index in [1.807, 2.05) is 0 Å². The lowest BCUT2D eigenvalue weighted by molar-refractivity contribution is 0.122. The second-order valence-electron chi connectivity index (χ2n) is 9.48. The number of rotatable bonds is 5. The van der Waals surface area contributed by atoms with Gasteiger partial charge in [-0.15, -0.1) is 0 Å². The third-order valence-corrected chi connectivity index (χ3v) is 7.07. The van der Waals surface area contributed by atoms with Crippen molar-refractivity contribution < 1.29 is 4.74 Å². The summed E-state index contributed by atoms with van der Waals surface area (Å²) in [5, 5.41) is 3.64. The molecule has 31 heavy (non-hydrogen) atoms. The summed E-state index contributed by atoms with van der Waals surface area (Å²) in [7, 11) is 0. The van der Waals surface area contributed by atoms with E-state index in [0.717, 1.165) is 68.5 Å². The Bertz CT molecular complexity index is 886. The van der Waals surface area contributed by atoms with Crippen LogP contribution in [-0.2, 0) is 17.8 Å². The maximum atomic E-state index is 5.53. The van der Waals surface area contributed by atoms with Crippen molar-refractivity contribution in [2.45, 2.75) is 71.0 Å². The van der Waals surface area contributed by atoms with Crippen LogP contribution in [0.4, 0.5) is 17.5 Å². The molecule has 2 fully saturated rings. The minimum absolute atomic E-state index is 0.490. The zero-order valence-electron chi connectivity index (χ0n) is 18.9. The van der Waals surface area contributed by atoms with E-state index in [4.69, 9.17) is 14.7 Å². The van der Waals surface area contributed by atoms with Gasteiger partial charge in [0.1, 0.15) is 5.82 Å². The average Bonchev–Trinajstić information content (AvgIpc) is 3.26. The minimum atomic E-state index is 0.490. The standard InChI is InChI=1S/C25H35N5O/c1-18(2)30-16-22-23(17-30)27-25(29-12-14-31-15-13-29)28-24(22)26-21-10-8-20(9-11-21)19-6-4-3-5-7-19/h8-11,18-19H,3-7,12-17H2,1-2H3,(H,26,27,28). The number of nitrogens with zero attached hydrogens (tertiary/aromatic N) is 4. The molecule has 1 N–H and O–H groups in total. The second-order valence-corrected chi connectivity index (χ2v) is 9.48. The Hall–Kier alpha value is -2.18. The van der Waals surface area contributed by atoms with Crippen LogP contribution in [0.15, 0.2) is 24.3 Å². The van der Waals surface area contributed by atoms with Crippen LogP contribution in [0, 0.1) is 0 Å². The van der Waals surface area contributed by atoms with E-state index in [1.54, 1.807) is 0 Å². The number of hydrogen-bond donors (Lipinski definition) is 1. The van der Waals surface area contributed by atoms with Crippen LogP contribution >= 0.6 is 0 Å². The Kier molecular flexibility index (Phi) is 6.10. The highest BCUT2D eigenvalue weighted by Crippen LogP contribution is 2.35. The molecule has 5 rings (SSSR count). The lowest BCUT2D eigenvalue weighted by Gasteiger charge is -2.27. The number of fused-ring (bicyclic) bond motifs is 1. The SMILES string of the molecule is CC(C)N1Cc2nc(N3CCOCC3)nc(Nc3ccc(C4CCCCC4)cc3)c2C1. The molecule has 3 heterocycles. The van der Waals surface area contributed by atoms with Gasteiger partial charge >= 0.3 is 0 Å². The van der Waals surface area contributed by atoms with Gasteiger partial charge < -0.3 is 15.0 Å². The van der Waals surface area contributed by atoms with Crippen LogP contribution in [0.5, 0.6) is 0 Å². The van der Waals surface area contributed by atoms with E-state index in [9.17, 15) is 0 Å². The number of hydrogen-bond acceptors (Lipinski definition) is 6. The van der Waals surface area contributed by atoms with Gasteiger partial charge in [-0.05, 0) is 50.3 Å². The van der Waals surface area contributed by atoms with Crippen LogP contribution in [0.1, 0.15) is 68.7 Å². The molecule has 1 aliphatic carbocycles. The van der Waals surface area contributed by atoms with Crippen molar-refractivity contribution >= 4 is 17.5 Å². The Balaban J connectivity index is 1.40. The van der Waals surface area contributed by atoms with Gasteiger partial charge in [-0.3, -0.25) is 4.90 Å². The normalized spacial score (nSPS) is 20.3. The molecule has 1 aromatic heterocycles. The fraction of sp³-hybridized carbons (Fsp3) is 0.600. The summed E-state index contributed by atoms with van der Waals surface area (Å²) in [5.74, 6) is 2.52. The monoisotopic (exact) mass is 421 g/mol. The van der Waals surface area contributed by atoms with E-state index in [-0.39, 0.29) is 0 Å². The van der Waals surface area contributed by atoms with Crippen molar-refractivity contribution in [1.29, 1.82) is 0 Å². The lowest BCUT2D eigenvalue weighted by Crippen LogP contribution is -2.37. The molecule has 3 aliphatic rings.